The molecule has 19 heavy (non-hydrogen) atoms. The molecule has 1 heterocycles. The highest BCUT2D eigenvalue weighted by molar-refractivity contribution is 5.93. The second kappa shape index (κ2) is 5.83. The standard InChI is InChI=1S/C12H17N3O4/c16-7-9-3-1-2-8(9)5-14-12(17)11-4-10(6-13-11)15(18)19/h4,6,8-9,13,16H,1-3,5,7H2,(H,14,17). The zero-order valence-electron chi connectivity index (χ0n) is 10.5. The number of amides is 1. The molecule has 3 N–H and O–H groups in total. The van der Waals surface area contributed by atoms with Gasteiger partial charge in [0, 0.05) is 19.2 Å². The van der Waals surface area contributed by atoms with E-state index >= 15 is 0 Å². The number of aliphatic hydroxyl groups is 1. The van der Waals surface area contributed by atoms with Crippen LogP contribution in [0.3, 0.4) is 0 Å². The Labute approximate surface area is 110 Å². The maximum absolute atomic E-state index is 11.8. The molecule has 0 bridgehead atoms. The number of nitrogens with zero attached hydrogens (tertiary/aromatic N) is 1. The molecular formula is C12H17N3O4. The first kappa shape index (κ1) is 13.5. The van der Waals surface area contributed by atoms with Crippen molar-refractivity contribution >= 4 is 11.6 Å². The number of rotatable bonds is 5. The lowest BCUT2D eigenvalue weighted by Gasteiger charge is -2.17. The van der Waals surface area contributed by atoms with Crippen LogP contribution in [0.1, 0.15) is 29.8 Å². The average molecular weight is 267 g/mol. The topological polar surface area (TPSA) is 108 Å². The highest BCUT2D eigenvalue weighted by Gasteiger charge is 2.27. The third-order valence-corrected chi connectivity index (χ3v) is 3.70. The normalized spacial score (nSPS) is 22.4. The van der Waals surface area contributed by atoms with E-state index in [-0.39, 0.29) is 29.8 Å². The van der Waals surface area contributed by atoms with E-state index in [1.54, 1.807) is 0 Å². The van der Waals surface area contributed by atoms with Crippen molar-refractivity contribution < 1.29 is 14.8 Å². The van der Waals surface area contributed by atoms with Gasteiger partial charge in [0.1, 0.15) is 5.69 Å². The Morgan fingerprint density at radius 1 is 1.53 bits per heavy atom. The van der Waals surface area contributed by atoms with Crippen LogP contribution in [-0.4, -0.2) is 34.1 Å². The molecule has 7 nitrogen and oxygen atoms in total. The molecule has 1 amide bonds. The van der Waals surface area contributed by atoms with E-state index in [9.17, 15) is 20.0 Å². The zero-order chi connectivity index (χ0) is 13.8. The summed E-state index contributed by atoms with van der Waals surface area (Å²) in [5, 5.41) is 22.5. The van der Waals surface area contributed by atoms with E-state index in [0.717, 1.165) is 19.3 Å². The molecule has 1 aromatic heterocycles. The van der Waals surface area contributed by atoms with Crippen LogP contribution in [0, 0.1) is 22.0 Å². The lowest BCUT2D eigenvalue weighted by molar-refractivity contribution is -0.384. The van der Waals surface area contributed by atoms with Crippen LogP contribution in [0.25, 0.3) is 0 Å². The summed E-state index contributed by atoms with van der Waals surface area (Å²) in [5.74, 6) is 0.189. The second-order valence-electron chi connectivity index (χ2n) is 4.87. The van der Waals surface area contributed by atoms with Gasteiger partial charge in [0.15, 0.2) is 0 Å². The summed E-state index contributed by atoms with van der Waals surface area (Å²) in [6, 6.07) is 1.22. The fraction of sp³-hybridized carbons (Fsp3) is 0.583. The number of nitrogens with one attached hydrogen (secondary N) is 2. The van der Waals surface area contributed by atoms with E-state index in [4.69, 9.17) is 0 Å². The molecular weight excluding hydrogens is 250 g/mol. The highest BCUT2D eigenvalue weighted by atomic mass is 16.6. The highest BCUT2D eigenvalue weighted by Crippen LogP contribution is 2.30. The van der Waals surface area contributed by atoms with E-state index in [1.807, 2.05) is 0 Å². The molecule has 0 aromatic carbocycles. The van der Waals surface area contributed by atoms with Gasteiger partial charge < -0.3 is 15.4 Å². The van der Waals surface area contributed by atoms with Crippen molar-refractivity contribution in [1.82, 2.24) is 10.3 Å². The van der Waals surface area contributed by atoms with Crippen molar-refractivity contribution in [3.8, 4) is 0 Å². The summed E-state index contributed by atoms with van der Waals surface area (Å²) >= 11 is 0. The zero-order valence-corrected chi connectivity index (χ0v) is 10.5. The quantitative estimate of drug-likeness (QED) is 0.547. The van der Waals surface area contributed by atoms with Crippen LogP contribution in [0.5, 0.6) is 0 Å². The molecule has 1 saturated carbocycles. The smallest absolute Gasteiger partial charge is 0.287 e. The molecule has 1 aliphatic carbocycles. The van der Waals surface area contributed by atoms with Gasteiger partial charge >= 0.3 is 0 Å². The van der Waals surface area contributed by atoms with Crippen LogP contribution >= 0.6 is 0 Å². The third kappa shape index (κ3) is 3.11. The lowest BCUT2D eigenvalue weighted by atomic mass is 9.97. The molecule has 7 heteroatoms. The molecule has 1 aliphatic rings. The molecule has 1 aromatic rings. The van der Waals surface area contributed by atoms with Crippen LogP contribution in [0.15, 0.2) is 12.3 Å². The van der Waals surface area contributed by atoms with Crippen LogP contribution in [0.2, 0.25) is 0 Å². The first-order chi connectivity index (χ1) is 9.11. The van der Waals surface area contributed by atoms with Crippen molar-refractivity contribution in [3.05, 3.63) is 28.1 Å². The number of carbonyl (C=O) groups excluding carboxylic acids is 1. The second-order valence-corrected chi connectivity index (χ2v) is 4.87. The lowest BCUT2D eigenvalue weighted by Crippen LogP contribution is -2.31. The van der Waals surface area contributed by atoms with E-state index in [1.165, 1.54) is 12.3 Å². The van der Waals surface area contributed by atoms with Gasteiger partial charge in [-0.25, -0.2) is 0 Å². The van der Waals surface area contributed by atoms with E-state index in [2.05, 4.69) is 10.3 Å². The summed E-state index contributed by atoms with van der Waals surface area (Å²) in [6.07, 6.45) is 4.25. The number of aromatic amines is 1. The van der Waals surface area contributed by atoms with Gasteiger partial charge in [0.25, 0.3) is 11.6 Å². The van der Waals surface area contributed by atoms with Gasteiger partial charge in [-0.05, 0) is 24.7 Å². The SMILES string of the molecule is O=C(NCC1CCCC1CO)c1cc([N+](=O)[O-])c[nH]1. The fourth-order valence-corrected chi connectivity index (χ4v) is 2.56. The first-order valence-electron chi connectivity index (χ1n) is 6.33. The van der Waals surface area contributed by atoms with Gasteiger partial charge in [0.2, 0.25) is 0 Å². The maximum atomic E-state index is 11.8. The molecule has 2 atom stereocenters. The Morgan fingerprint density at radius 3 is 2.89 bits per heavy atom. The molecule has 104 valence electrons. The monoisotopic (exact) mass is 267 g/mol. The Morgan fingerprint density at radius 2 is 2.26 bits per heavy atom. The summed E-state index contributed by atoms with van der Waals surface area (Å²) in [6.45, 7) is 0.644. The molecule has 2 rings (SSSR count). The summed E-state index contributed by atoms with van der Waals surface area (Å²) in [7, 11) is 0. The molecule has 0 radical (unpaired) electrons. The predicted molar refractivity (Wildman–Crippen MR) is 67.7 cm³/mol. The van der Waals surface area contributed by atoms with Crippen molar-refractivity contribution in [1.29, 1.82) is 0 Å². The molecule has 1 fully saturated rings. The molecule has 0 aliphatic heterocycles. The fourth-order valence-electron chi connectivity index (χ4n) is 2.56. The first-order valence-corrected chi connectivity index (χ1v) is 6.33. The Balaban J connectivity index is 1.88. The maximum Gasteiger partial charge on any atom is 0.287 e. The predicted octanol–water partition coefficient (Wildman–Crippen LogP) is 1.06. The van der Waals surface area contributed by atoms with Gasteiger partial charge in [0.05, 0.1) is 11.1 Å². The largest absolute Gasteiger partial charge is 0.396 e. The number of hydrogen-bond acceptors (Lipinski definition) is 4. The minimum atomic E-state index is -0.550. The van der Waals surface area contributed by atoms with Crippen molar-refractivity contribution in [3.63, 3.8) is 0 Å². The van der Waals surface area contributed by atoms with Crippen molar-refractivity contribution in [2.75, 3.05) is 13.2 Å². The van der Waals surface area contributed by atoms with Crippen molar-refractivity contribution in [2.45, 2.75) is 19.3 Å². The van der Waals surface area contributed by atoms with Crippen molar-refractivity contribution in [2.24, 2.45) is 11.8 Å². The number of carbonyl (C=O) groups is 1. The van der Waals surface area contributed by atoms with Crippen LogP contribution < -0.4 is 5.32 Å². The van der Waals surface area contributed by atoms with Crippen LogP contribution in [-0.2, 0) is 0 Å². The minimum absolute atomic E-state index is 0.126. The average Bonchev–Trinajstić information content (AvgIpc) is 3.04. The van der Waals surface area contributed by atoms with Crippen LogP contribution in [0.4, 0.5) is 5.69 Å². The third-order valence-electron chi connectivity index (χ3n) is 3.70. The number of nitro groups is 1. The minimum Gasteiger partial charge on any atom is -0.396 e. The van der Waals surface area contributed by atoms with E-state index in [0.29, 0.717) is 12.5 Å². The summed E-state index contributed by atoms with van der Waals surface area (Å²) in [5.41, 5.74) is 0.0597. The van der Waals surface area contributed by atoms with Gasteiger partial charge in [-0.3, -0.25) is 14.9 Å². The summed E-state index contributed by atoms with van der Waals surface area (Å²) < 4.78 is 0. The van der Waals surface area contributed by atoms with Gasteiger partial charge in [-0.2, -0.15) is 0 Å². The van der Waals surface area contributed by atoms with Gasteiger partial charge in [-0.1, -0.05) is 6.42 Å². The Hall–Kier alpha value is -1.89. The Kier molecular flexibility index (Phi) is 4.16. The van der Waals surface area contributed by atoms with Gasteiger partial charge in [-0.15, -0.1) is 0 Å². The Bertz CT molecular complexity index is 471. The number of hydrogen-bond donors (Lipinski definition) is 3. The summed E-state index contributed by atoms with van der Waals surface area (Å²) in [4.78, 5) is 24.4. The molecule has 0 saturated heterocycles. The number of aliphatic hydroxyl groups excluding tert-OH is 1. The molecule has 0 spiro atoms. The van der Waals surface area contributed by atoms with E-state index < -0.39 is 4.92 Å². The number of aromatic nitrogens is 1. The number of H-pyrrole nitrogens is 1. The molecule has 2 unspecified atom stereocenters.